The number of sulfonamides is 1. The predicted octanol–water partition coefficient (Wildman–Crippen LogP) is 8.27. The lowest BCUT2D eigenvalue weighted by Crippen LogP contribution is -2.47. The van der Waals surface area contributed by atoms with Crippen LogP contribution in [0.15, 0.2) is 102 Å². The van der Waals surface area contributed by atoms with Crippen molar-refractivity contribution in [2.45, 2.75) is 44.6 Å². The first-order chi connectivity index (χ1) is 28.3. The largest absolute Gasteiger partial charge is 0.470 e. The summed E-state index contributed by atoms with van der Waals surface area (Å²) in [4.78, 5) is 26.5. The summed E-state index contributed by atoms with van der Waals surface area (Å²) in [7, 11) is -2.60. The number of hydrogen-bond donors (Lipinski definition) is 2. The highest BCUT2D eigenvalue weighted by Gasteiger charge is 2.30. The molecule has 3 aromatic heterocycles. The van der Waals surface area contributed by atoms with Crippen molar-refractivity contribution < 1.29 is 22.7 Å². The minimum atomic E-state index is -4.42. The highest BCUT2D eigenvalue weighted by atomic mass is 35.5. The Morgan fingerprint density at radius 3 is 2.51 bits per heavy atom. The molecule has 8 rings (SSSR count). The SMILES string of the molecule is Cn1cncc1COc1ncc(S(=O)(=O)NC(=O)c2ccc(N3CCN(CC4=C(c5ccc(Cl)cc5)CC(C)(C)CC4)CC3)cc2Oc2cccc3[nH]ncc23)cc1Cl. The van der Waals surface area contributed by atoms with Crippen molar-refractivity contribution in [2.24, 2.45) is 12.5 Å². The first-order valence-corrected chi connectivity index (χ1v) is 21.5. The number of aryl methyl sites for hydroxylation is 1. The normalized spacial score (nSPS) is 16.1. The number of H-pyrrole nitrogens is 1. The Morgan fingerprint density at radius 2 is 1.76 bits per heavy atom. The zero-order valence-corrected chi connectivity index (χ0v) is 35.2. The monoisotopic (exact) mass is 854 g/mol. The van der Waals surface area contributed by atoms with Crippen molar-refractivity contribution in [1.82, 2.24) is 34.4 Å². The number of nitrogens with one attached hydrogen (secondary N) is 2. The molecule has 3 aromatic carbocycles. The third kappa shape index (κ3) is 9.10. The molecule has 0 unspecified atom stereocenters. The first kappa shape index (κ1) is 40.4. The number of carbonyl (C=O) groups is 1. The number of amides is 1. The molecule has 2 N–H and O–H groups in total. The van der Waals surface area contributed by atoms with Gasteiger partial charge in [-0.15, -0.1) is 0 Å². The van der Waals surface area contributed by atoms with Gasteiger partial charge in [-0.2, -0.15) is 5.10 Å². The summed E-state index contributed by atoms with van der Waals surface area (Å²) in [5.74, 6) is -0.211. The van der Waals surface area contributed by atoms with Crippen LogP contribution in [-0.4, -0.2) is 76.7 Å². The lowest BCUT2D eigenvalue weighted by Gasteiger charge is -2.39. The maximum Gasteiger partial charge on any atom is 0.268 e. The summed E-state index contributed by atoms with van der Waals surface area (Å²) < 4.78 is 43.2. The van der Waals surface area contributed by atoms with E-state index in [1.165, 1.54) is 22.8 Å². The third-order valence-corrected chi connectivity index (χ3v) is 12.8. The molecule has 6 aromatic rings. The summed E-state index contributed by atoms with van der Waals surface area (Å²) in [6, 6.07) is 20.0. The maximum atomic E-state index is 13.9. The fourth-order valence-electron chi connectivity index (χ4n) is 7.59. The lowest BCUT2D eigenvalue weighted by atomic mass is 9.72. The molecular formula is C43H44Cl2N8O5S. The maximum absolute atomic E-state index is 13.9. The van der Waals surface area contributed by atoms with E-state index in [0.717, 1.165) is 80.1 Å². The lowest BCUT2D eigenvalue weighted by molar-refractivity contribution is 0.0979. The van der Waals surface area contributed by atoms with Crippen molar-refractivity contribution in [3.05, 3.63) is 124 Å². The van der Waals surface area contributed by atoms with Gasteiger partial charge in [-0.25, -0.2) is 23.1 Å². The zero-order chi connectivity index (χ0) is 41.3. The van der Waals surface area contributed by atoms with E-state index in [0.29, 0.717) is 11.1 Å². The predicted molar refractivity (Wildman–Crippen MR) is 229 cm³/mol. The summed E-state index contributed by atoms with van der Waals surface area (Å²) >= 11 is 12.6. The number of pyridine rings is 1. The van der Waals surface area contributed by atoms with Gasteiger partial charge < -0.3 is 18.9 Å². The van der Waals surface area contributed by atoms with Crippen LogP contribution < -0.4 is 19.1 Å². The molecule has 0 radical (unpaired) electrons. The Morgan fingerprint density at radius 1 is 0.966 bits per heavy atom. The smallest absolute Gasteiger partial charge is 0.268 e. The second-order valence-electron chi connectivity index (χ2n) is 15.7. The van der Waals surface area contributed by atoms with Crippen molar-refractivity contribution >= 4 is 61.3 Å². The number of halogens is 2. The molecule has 59 heavy (non-hydrogen) atoms. The molecule has 306 valence electrons. The van der Waals surface area contributed by atoms with Crippen LogP contribution in [0.25, 0.3) is 16.5 Å². The first-order valence-electron chi connectivity index (χ1n) is 19.3. The molecule has 1 saturated heterocycles. The number of fused-ring (bicyclic) bond motifs is 1. The van der Waals surface area contributed by atoms with Gasteiger partial charge in [0.05, 0.1) is 47.1 Å². The van der Waals surface area contributed by atoms with Gasteiger partial charge in [0, 0.05) is 56.5 Å². The number of nitrogens with zero attached hydrogens (tertiary/aromatic N) is 6. The van der Waals surface area contributed by atoms with Gasteiger partial charge in [0.1, 0.15) is 28.0 Å². The van der Waals surface area contributed by atoms with Crippen molar-refractivity contribution in [2.75, 3.05) is 37.6 Å². The van der Waals surface area contributed by atoms with Crippen LogP contribution in [0, 0.1) is 5.41 Å². The number of anilines is 1. The Kier molecular flexibility index (Phi) is 11.4. The van der Waals surface area contributed by atoms with Crippen LogP contribution >= 0.6 is 23.2 Å². The number of ether oxygens (including phenoxy) is 2. The number of hydrogen-bond acceptors (Lipinski definition) is 10. The van der Waals surface area contributed by atoms with E-state index in [9.17, 15) is 13.2 Å². The van der Waals surface area contributed by atoms with Gasteiger partial charge in [0.25, 0.3) is 15.9 Å². The minimum absolute atomic E-state index is 0.0218. The Hall–Kier alpha value is -5.41. The number of aromatic nitrogens is 5. The molecule has 1 fully saturated rings. The van der Waals surface area contributed by atoms with Crippen LogP contribution in [0.5, 0.6) is 17.4 Å². The number of benzene rings is 3. The molecule has 13 nitrogen and oxygen atoms in total. The van der Waals surface area contributed by atoms with Gasteiger partial charge in [0.15, 0.2) is 0 Å². The van der Waals surface area contributed by atoms with E-state index in [-0.39, 0.29) is 39.1 Å². The Balaban J connectivity index is 1.00. The summed E-state index contributed by atoms with van der Waals surface area (Å²) in [6.07, 6.45) is 9.23. The molecule has 0 bridgehead atoms. The average molecular weight is 856 g/mol. The molecule has 2 aliphatic rings. The topological polar surface area (TPSA) is 148 Å². The molecule has 16 heteroatoms. The fourth-order valence-corrected chi connectivity index (χ4v) is 8.94. The van der Waals surface area contributed by atoms with E-state index in [2.05, 4.69) is 60.7 Å². The second kappa shape index (κ2) is 16.7. The fraction of sp³-hybridized carbons (Fsp3) is 0.302. The van der Waals surface area contributed by atoms with E-state index in [1.807, 2.05) is 37.4 Å². The van der Waals surface area contributed by atoms with Crippen molar-refractivity contribution in [3.8, 4) is 17.4 Å². The Bertz CT molecular complexity index is 2650. The van der Waals surface area contributed by atoms with E-state index >= 15 is 0 Å². The minimum Gasteiger partial charge on any atom is -0.470 e. The number of carbonyl (C=O) groups excluding carboxylic acids is 1. The van der Waals surface area contributed by atoms with Crippen molar-refractivity contribution in [3.63, 3.8) is 0 Å². The van der Waals surface area contributed by atoms with Crippen LogP contribution in [0.4, 0.5) is 5.69 Å². The second-order valence-corrected chi connectivity index (χ2v) is 18.3. The highest BCUT2D eigenvalue weighted by molar-refractivity contribution is 7.90. The van der Waals surface area contributed by atoms with Crippen molar-refractivity contribution in [1.29, 1.82) is 0 Å². The third-order valence-electron chi connectivity index (χ3n) is 11.0. The summed E-state index contributed by atoms with van der Waals surface area (Å²) in [5, 5.41) is 8.48. The van der Waals surface area contributed by atoms with Gasteiger partial charge in [-0.1, -0.05) is 60.8 Å². The highest BCUT2D eigenvalue weighted by Crippen LogP contribution is 2.43. The number of aromatic amines is 1. The molecule has 1 aliphatic carbocycles. The quantitative estimate of drug-likeness (QED) is 0.123. The van der Waals surface area contributed by atoms with Gasteiger partial charge in [0.2, 0.25) is 5.88 Å². The summed E-state index contributed by atoms with van der Waals surface area (Å²) in [6.45, 7) is 8.90. The Labute approximate surface area is 353 Å². The van der Waals surface area contributed by atoms with Gasteiger partial charge in [-0.3, -0.25) is 14.8 Å². The van der Waals surface area contributed by atoms with Gasteiger partial charge >= 0.3 is 0 Å². The standard InChI is InChI=1S/C43H44Cl2N8O5S/c1-43(2)14-13-29(35(21-43)28-7-9-30(44)10-8-28)25-52-15-17-53(18-16-52)31-11-12-34(40(19-31)58-39-6-4-5-38-36(39)24-48-49-38)41(54)50-59(55,56)33-20-37(45)42(47-23-33)57-26-32-22-46-27-51(32)3/h4-12,19-20,22-24,27H,13-18,21,25-26H2,1-3H3,(H,48,49)(H,50,54). The van der Waals surface area contributed by atoms with Crippen LogP contribution in [0.1, 0.15) is 54.7 Å². The average Bonchev–Trinajstić information content (AvgIpc) is 3.87. The molecule has 4 heterocycles. The van der Waals surface area contributed by atoms with E-state index < -0.39 is 15.9 Å². The van der Waals surface area contributed by atoms with Crippen LogP contribution in [0.2, 0.25) is 10.0 Å². The summed E-state index contributed by atoms with van der Waals surface area (Å²) in [5.41, 5.74) is 6.77. The number of allylic oxidation sites excluding steroid dienone is 1. The molecule has 0 atom stereocenters. The van der Waals surface area contributed by atoms with Gasteiger partial charge in [-0.05, 0) is 78.3 Å². The van der Waals surface area contributed by atoms with Crippen LogP contribution in [-0.2, 0) is 23.7 Å². The zero-order valence-electron chi connectivity index (χ0n) is 32.9. The van der Waals surface area contributed by atoms with E-state index in [4.69, 9.17) is 32.7 Å². The molecule has 0 spiro atoms. The number of imidazole rings is 1. The molecule has 1 amide bonds. The van der Waals surface area contributed by atoms with E-state index in [1.54, 1.807) is 41.5 Å². The molecule has 1 aliphatic heterocycles. The molecule has 0 saturated carbocycles. The number of piperazine rings is 1. The molecular weight excluding hydrogens is 811 g/mol. The number of rotatable bonds is 12. The van der Waals surface area contributed by atoms with Crippen LogP contribution in [0.3, 0.4) is 0 Å².